The summed E-state index contributed by atoms with van der Waals surface area (Å²) < 4.78 is 11.4. The second-order valence-corrected chi connectivity index (χ2v) is 32.7. The summed E-state index contributed by atoms with van der Waals surface area (Å²) in [6, 6.07) is 60.0. The molecule has 14 rings (SSSR count). The molecule has 0 spiro atoms. The summed E-state index contributed by atoms with van der Waals surface area (Å²) in [5.74, 6) is 5.20. The van der Waals surface area contributed by atoms with Crippen LogP contribution in [0.15, 0.2) is 195 Å². The molecule has 108 heavy (non-hydrogen) atoms. The van der Waals surface area contributed by atoms with Gasteiger partial charge >= 0.3 is 0 Å². The lowest BCUT2D eigenvalue weighted by Crippen LogP contribution is -2.32. The number of hydrogen-bond acceptors (Lipinski definition) is 0. The van der Waals surface area contributed by atoms with E-state index in [1.807, 2.05) is 0 Å². The van der Waals surface area contributed by atoms with Crippen LogP contribution in [0.2, 0.25) is 0 Å². The Morgan fingerprint density at radius 2 is 0.574 bits per heavy atom. The predicted molar refractivity (Wildman–Crippen MR) is 468 cm³/mol. The lowest BCUT2D eigenvalue weighted by atomic mass is 9.88. The van der Waals surface area contributed by atoms with Crippen LogP contribution in [0, 0.1) is 59.3 Å². The summed E-state index contributed by atoms with van der Waals surface area (Å²) in [7, 11) is 10.8. The molecule has 0 radical (unpaired) electrons. The van der Waals surface area contributed by atoms with Gasteiger partial charge in [-0.05, 0) is 240 Å². The summed E-state index contributed by atoms with van der Waals surface area (Å²) in [5.41, 5.74) is 32.4. The van der Waals surface area contributed by atoms with E-state index in [0.717, 1.165) is 36.5 Å². The molecule has 4 aliphatic carbocycles. The van der Waals surface area contributed by atoms with Crippen LogP contribution in [-0.4, -0.2) is 0 Å². The van der Waals surface area contributed by atoms with Crippen LogP contribution in [-0.2, 0) is 54.5 Å². The van der Waals surface area contributed by atoms with Crippen LogP contribution in [0.1, 0.15) is 277 Å². The Kier molecular flexibility index (Phi) is 36.3. The molecule has 5 aromatic carbocycles. The standard InChI is InChI=1S/C22H30N.C21H30N.C19H24N.2C18H22N.5CH4/c1-16(2)13-19-15-23(4)22(20-12-8-5-9-17(20)3)14-21(19)18-10-6-7-11-18;1-15(2)11-18-13-21(20-10-8-7-9-17(20)5)22(6)14-19(18)12-16(3)4;1-14-8-4-7-11-17(14)19-12-18(15(2)13-20(19)3)16-9-5-6-10-16;1-14-7-3-6-10-17(14)18-13-16(11-12-19(18)2)15-8-4-5-9-15;1-14-7-3-6-10-17(14)18-12-11-16(13-19(18)2)15-8-4-5-9-15;;;;;/h5,8-9,12,14-16,18H,6-7,10-11,13H2,1-4H3;7-10,13-16H,11-12H2,1-6H3;4,7-8,11-13,16H,5-6,9-10H2,1-3H3;2*3,6-7,10-13,15H,4-5,8-9H2,1-2H3;5*1H4/q5*+1;;;;;. The lowest BCUT2D eigenvalue weighted by Gasteiger charge is -2.17. The monoisotopic (exact) mass is 1460 g/mol. The van der Waals surface area contributed by atoms with Gasteiger partial charge in [-0.1, -0.05) is 221 Å². The molecule has 5 heterocycles. The molecular weight excluding hydrogens is 1310 g/mol. The molecule has 5 nitrogen and oxygen atoms in total. The fourth-order valence-corrected chi connectivity index (χ4v) is 17.3. The second-order valence-electron chi connectivity index (χ2n) is 32.7. The lowest BCUT2D eigenvalue weighted by molar-refractivity contribution is -0.661. The van der Waals surface area contributed by atoms with Crippen molar-refractivity contribution in [2.24, 2.45) is 53.0 Å². The number of aromatic nitrogens is 5. The fraction of sp³-hybridized carbons (Fsp3) is 0.466. The molecule has 4 fully saturated rings. The van der Waals surface area contributed by atoms with Crippen LogP contribution in [0.25, 0.3) is 56.3 Å². The Balaban J connectivity index is 0.000000240. The van der Waals surface area contributed by atoms with Gasteiger partial charge in [0, 0.05) is 86.5 Å². The minimum Gasteiger partial charge on any atom is -0.201 e. The zero-order valence-corrected chi connectivity index (χ0v) is 66.7. The molecule has 580 valence electrons. The van der Waals surface area contributed by atoms with Crippen LogP contribution < -0.4 is 22.8 Å². The van der Waals surface area contributed by atoms with E-state index >= 15 is 0 Å². The highest BCUT2D eigenvalue weighted by Crippen LogP contribution is 2.41. The van der Waals surface area contributed by atoms with Gasteiger partial charge in [-0.15, -0.1) is 0 Å². The smallest absolute Gasteiger partial charge is 0.201 e. The Morgan fingerprint density at radius 1 is 0.269 bits per heavy atom. The minimum atomic E-state index is 0. The molecule has 0 aliphatic heterocycles. The van der Waals surface area contributed by atoms with Crippen molar-refractivity contribution in [3.8, 4) is 56.3 Å². The van der Waals surface area contributed by atoms with E-state index in [9.17, 15) is 0 Å². The molecule has 4 saturated carbocycles. The van der Waals surface area contributed by atoms with Crippen LogP contribution >= 0.6 is 0 Å². The summed E-state index contributed by atoms with van der Waals surface area (Å²) in [5, 5.41) is 0. The zero-order chi connectivity index (χ0) is 73.3. The van der Waals surface area contributed by atoms with E-state index in [0.29, 0.717) is 17.8 Å². The summed E-state index contributed by atoms with van der Waals surface area (Å²) in [4.78, 5) is 0. The van der Waals surface area contributed by atoms with Crippen molar-refractivity contribution in [2.75, 3.05) is 0 Å². The van der Waals surface area contributed by atoms with E-state index in [4.69, 9.17) is 0 Å². The van der Waals surface area contributed by atoms with Gasteiger partial charge in [-0.25, -0.2) is 22.8 Å². The first-order valence-electron chi connectivity index (χ1n) is 39.9. The molecule has 0 amide bonds. The maximum atomic E-state index is 2.50. The molecule has 0 atom stereocenters. The largest absolute Gasteiger partial charge is 0.212 e. The number of hydrogen-bond donors (Lipinski definition) is 0. The Bertz CT molecular complexity index is 4410. The van der Waals surface area contributed by atoms with Crippen molar-refractivity contribution < 1.29 is 22.8 Å². The van der Waals surface area contributed by atoms with Crippen molar-refractivity contribution in [2.45, 2.75) is 266 Å². The Morgan fingerprint density at radius 3 is 0.972 bits per heavy atom. The fourth-order valence-electron chi connectivity index (χ4n) is 17.3. The van der Waals surface area contributed by atoms with Gasteiger partial charge in [0.2, 0.25) is 28.5 Å². The van der Waals surface area contributed by atoms with Crippen molar-refractivity contribution in [1.82, 2.24) is 0 Å². The van der Waals surface area contributed by atoms with Crippen molar-refractivity contribution in [3.05, 3.63) is 267 Å². The van der Waals surface area contributed by atoms with Gasteiger partial charge in [0.05, 0.1) is 0 Å². The van der Waals surface area contributed by atoms with Crippen LogP contribution in [0.5, 0.6) is 0 Å². The first kappa shape index (κ1) is 90.5. The second kappa shape index (κ2) is 43.3. The molecule has 10 aromatic rings. The van der Waals surface area contributed by atoms with Gasteiger partial charge in [0.1, 0.15) is 35.2 Å². The van der Waals surface area contributed by atoms with Gasteiger partial charge in [0.25, 0.3) is 0 Å². The molecule has 0 bridgehead atoms. The van der Waals surface area contributed by atoms with E-state index < -0.39 is 0 Å². The SMILES string of the molecule is C.C.C.C.C.Cc1ccccc1-c1cc(C2CCCC2)c(C)c[n+]1C.Cc1ccccc1-c1cc(C2CCCC2)c(CC(C)C)c[n+]1C.Cc1ccccc1-c1cc(C2CCCC2)cc[n+]1C.Cc1ccccc1-c1cc(CC(C)C)c(CC(C)C)c[n+]1C.Cc1ccccc1-c1ccc(C2CCCC2)c[n+]1C. The molecular formula is C103H148N5+5. The number of pyridine rings is 5. The van der Waals surface area contributed by atoms with Gasteiger partial charge in [-0.3, -0.25) is 0 Å². The predicted octanol–water partition coefficient (Wildman–Crippen LogP) is 26.1. The van der Waals surface area contributed by atoms with Crippen molar-refractivity contribution in [3.63, 3.8) is 0 Å². The number of benzene rings is 5. The van der Waals surface area contributed by atoms with Crippen molar-refractivity contribution >= 4 is 0 Å². The van der Waals surface area contributed by atoms with Crippen LogP contribution in [0.4, 0.5) is 0 Å². The van der Waals surface area contributed by atoms with Crippen LogP contribution in [0.3, 0.4) is 0 Å². The van der Waals surface area contributed by atoms with E-state index in [2.05, 4.69) is 336 Å². The first-order valence-corrected chi connectivity index (χ1v) is 39.9. The average Bonchev–Trinajstić information content (AvgIpc) is 1.75. The van der Waals surface area contributed by atoms with Gasteiger partial charge in [-0.2, -0.15) is 0 Å². The topological polar surface area (TPSA) is 19.4 Å². The highest BCUT2D eigenvalue weighted by Gasteiger charge is 2.28. The third-order valence-corrected chi connectivity index (χ3v) is 22.9. The Hall–Kier alpha value is -8.15. The third kappa shape index (κ3) is 23.7. The normalized spacial score (nSPS) is 14.1. The highest BCUT2D eigenvalue weighted by molar-refractivity contribution is 5.65. The quantitative estimate of drug-likeness (QED) is 0.0912. The number of aryl methyl sites for hydroxylation is 11. The molecule has 0 saturated heterocycles. The third-order valence-electron chi connectivity index (χ3n) is 22.9. The maximum Gasteiger partial charge on any atom is 0.212 e. The number of rotatable bonds is 15. The summed E-state index contributed by atoms with van der Waals surface area (Å²) in [6.07, 6.45) is 37.2. The summed E-state index contributed by atoms with van der Waals surface area (Å²) >= 11 is 0. The molecule has 5 aromatic heterocycles. The van der Waals surface area contributed by atoms with E-state index in [-0.39, 0.29) is 37.1 Å². The summed E-state index contributed by atoms with van der Waals surface area (Å²) in [6.45, 7) is 27.1. The Labute approximate surface area is 661 Å². The van der Waals surface area contributed by atoms with Gasteiger partial charge < -0.3 is 0 Å². The molecule has 0 unspecified atom stereocenters. The minimum absolute atomic E-state index is 0. The van der Waals surface area contributed by atoms with Gasteiger partial charge in [0.15, 0.2) is 31.0 Å². The molecule has 4 aliphatic rings. The average molecular weight is 1460 g/mol. The first-order chi connectivity index (χ1) is 49.6. The molecule has 5 heteroatoms. The zero-order valence-electron chi connectivity index (χ0n) is 66.7. The van der Waals surface area contributed by atoms with E-state index in [1.165, 1.54) is 221 Å². The number of nitrogens with zero attached hydrogens (tertiary/aromatic N) is 5. The van der Waals surface area contributed by atoms with E-state index in [1.54, 1.807) is 16.7 Å². The highest BCUT2D eigenvalue weighted by atomic mass is 14.9. The maximum absolute atomic E-state index is 2.50. The molecule has 0 N–H and O–H groups in total. The van der Waals surface area contributed by atoms with Crippen molar-refractivity contribution in [1.29, 1.82) is 0 Å².